The van der Waals surface area contributed by atoms with Gasteiger partial charge < -0.3 is 10.9 Å². The number of nitrogens with zero attached hydrogens (tertiary/aromatic N) is 1. The lowest BCUT2D eigenvalue weighted by Crippen LogP contribution is -2.55. The van der Waals surface area contributed by atoms with Crippen molar-refractivity contribution >= 4 is 27.2 Å². The predicted molar refractivity (Wildman–Crippen MR) is 69.2 cm³/mol. The molecule has 6 nitrogen and oxygen atoms in total. The summed E-state index contributed by atoms with van der Waals surface area (Å²) < 4.78 is 27.2. The van der Waals surface area contributed by atoms with Gasteiger partial charge in [0, 0.05) is 0 Å². The van der Waals surface area contributed by atoms with Crippen molar-refractivity contribution in [3.63, 3.8) is 0 Å². The van der Waals surface area contributed by atoms with E-state index in [1.165, 1.54) is 6.07 Å². The minimum absolute atomic E-state index is 0.0693. The Balaban J connectivity index is 2.31. The molecule has 0 bridgehead atoms. The zero-order valence-corrected chi connectivity index (χ0v) is 11.3. The molecule has 0 aromatic carbocycles. The predicted octanol–water partition coefficient (Wildman–Crippen LogP) is 1.09. The highest BCUT2D eigenvalue weighted by molar-refractivity contribution is 7.91. The molecular formula is C10H15N3O3S2. The van der Waals surface area contributed by atoms with E-state index in [1.54, 1.807) is 11.4 Å². The third kappa shape index (κ3) is 2.36. The molecule has 1 aromatic rings. The number of nitrogens with one attached hydrogen (secondary N) is 1. The van der Waals surface area contributed by atoms with Crippen molar-refractivity contribution in [1.29, 1.82) is 0 Å². The van der Waals surface area contributed by atoms with Crippen LogP contribution in [0.25, 0.3) is 0 Å². The molecule has 1 saturated carbocycles. The molecule has 100 valence electrons. The Morgan fingerprint density at radius 2 is 2.17 bits per heavy atom. The van der Waals surface area contributed by atoms with Gasteiger partial charge in [-0.2, -0.15) is 4.72 Å². The molecule has 0 unspecified atom stereocenters. The third-order valence-corrected chi connectivity index (χ3v) is 6.08. The molecule has 0 saturated heterocycles. The summed E-state index contributed by atoms with van der Waals surface area (Å²) in [6.45, 7) is 0. The van der Waals surface area contributed by atoms with Crippen LogP contribution in [0.15, 0.2) is 26.9 Å². The van der Waals surface area contributed by atoms with Crippen molar-refractivity contribution in [2.75, 3.05) is 0 Å². The molecule has 0 spiro atoms. The van der Waals surface area contributed by atoms with E-state index in [1.807, 2.05) is 0 Å². The molecule has 18 heavy (non-hydrogen) atoms. The molecule has 0 atom stereocenters. The maximum absolute atomic E-state index is 12.2. The number of hydrogen-bond acceptors (Lipinski definition) is 5. The summed E-state index contributed by atoms with van der Waals surface area (Å²) in [5, 5.41) is 13.5. The van der Waals surface area contributed by atoms with Crippen LogP contribution in [0.2, 0.25) is 0 Å². The van der Waals surface area contributed by atoms with Crippen LogP contribution >= 0.6 is 11.3 Å². The smallest absolute Gasteiger partial charge is 0.250 e. The second kappa shape index (κ2) is 4.87. The Labute approximate surface area is 110 Å². The molecule has 1 aliphatic rings. The largest absolute Gasteiger partial charge is 0.409 e. The van der Waals surface area contributed by atoms with Crippen LogP contribution in [0.4, 0.5) is 0 Å². The normalized spacial score (nSPS) is 20.1. The highest BCUT2D eigenvalue weighted by Gasteiger charge is 2.42. The van der Waals surface area contributed by atoms with Crippen LogP contribution < -0.4 is 10.5 Å². The van der Waals surface area contributed by atoms with Gasteiger partial charge in [0.15, 0.2) is 5.84 Å². The molecule has 8 heteroatoms. The van der Waals surface area contributed by atoms with Gasteiger partial charge in [-0.3, -0.25) is 0 Å². The lowest BCUT2D eigenvalue weighted by Gasteiger charge is -2.27. The van der Waals surface area contributed by atoms with E-state index in [0.717, 1.165) is 24.2 Å². The van der Waals surface area contributed by atoms with Gasteiger partial charge >= 0.3 is 0 Å². The van der Waals surface area contributed by atoms with E-state index in [0.29, 0.717) is 12.8 Å². The molecule has 4 N–H and O–H groups in total. The summed E-state index contributed by atoms with van der Waals surface area (Å²) in [5.41, 5.74) is 4.70. The maximum atomic E-state index is 12.2. The second-order valence-corrected chi connectivity index (χ2v) is 7.17. The van der Waals surface area contributed by atoms with Gasteiger partial charge in [-0.1, -0.05) is 24.1 Å². The molecule has 0 radical (unpaired) electrons. The second-order valence-electron chi connectivity index (χ2n) is 4.31. The Morgan fingerprint density at radius 3 is 2.67 bits per heavy atom. The molecule has 1 aromatic heterocycles. The van der Waals surface area contributed by atoms with E-state index in [-0.39, 0.29) is 10.0 Å². The van der Waals surface area contributed by atoms with Crippen LogP contribution in [0.5, 0.6) is 0 Å². The lowest BCUT2D eigenvalue weighted by atomic mass is 9.98. The van der Waals surface area contributed by atoms with Crippen molar-refractivity contribution in [2.24, 2.45) is 10.9 Å². The van der Waals surface area contributed by atoms with Crippen LogP contribution in [0.1, 0.15) is 25.7 Å². The van der Waals surface area contributed by atoms with Crippen molar-refractivity contribution in [2.45, 2.75) is 35.4 Å². The van der Waals surface area contributed by atoms with Crippen LogP contribution in [0, 0.1) is 0 Å². The quantitative estimate of drug-likeness (QED) is 0.334. The minimum atomic E-state index is -3.62. The summed E-state index contributed by atoms with van der Waals surface area (Å²) in [4.78, 5) is 0. The monoisotopic (exact) mass is 289 g/mol. The highest BCUT2D eigenvalue weighted by atomic mass is 32.2. The molecule has 0 amide bonds. The van der Waals surface area contributed by atoms with Gasteiger partial charge in [-0.25, -0.2) is 8.42 Å². The first-order valence-electron chi connectivity index (χ1n) is 5.56. The average molecular weight is 289 g/mol. The molecule has 2 rings (SSSR count). The summed E-state index contributed by atoms with van der Waals surface area (Å²) in [7, 11) is -3.62. The average Bonchev–Trinajstić information content (AvgIpc) is 2.98. The fourth-order valence-electron chi connectivity index (χ4n) is 2.21. The van der Waals surface area contributed by atoms with Gasteiger partial charge in [0.2, 0.25) is 0 Å². The van der Waals surface area contributed by atoms with Gasteiger partial charge in [0.05, 0.1) is 5.54 Å². The SMILES string of the molecule is N/C(=N/O)C1(NS(=O)(=O)c2cccs2)CCCC1. The first kappa shape index (κ1) is 13.3. The van der Waals surface area contributed by atoms with Crippen LogP contribution in [-0.4, -0.2) is 25.0 Å². The lowest BCUT2D eigenvalue weighted by molar-refractivity contribution is 0.310. The number of amidine groups is 1. The van der Waals surface area contributed by atoms with Gasteiger partial charge in [0.25, 0.3) is 10.0 Å². The Morgan fingerprint density at radius 1 is 1.50 bits per heavy atom. The summed E-state index contributed by atoms with van der Waals surface area (Å²) in [6, 6.07) is 3.20. The van der Waals surface area contributed by atoms with Gasteiger partial charge in [-0.05, 0) is 24.3 Å². The summed E-state index contributed by atoms with van der Waals surface area (Å²) >= 11 is 1.14. The fraction of sp³-hybridized carbons (Fsp3) is 0.500. The molecule has 1 aliphatic carbocycles. The zero-order chi connectivity index (χ0) is 13.2. The molecule has 0 aliphatic heterocycles. The maximum Gasteiger partial charge on any atom is 0.250 e. The van der Waals surface area contributed by atoms with E-state index in [2.05, 4.69) is 9.88 Å². The standard InChI is InChI=1S/C10H15N3O3S2/c11-9(12-14)10(5-1-2-6-10)13-18(15,16)8-4-3-7-17-8/h3-4,7,13-14H,1-2,5-6H2,(H2,11,12). The molecular weight excluding hydrogens is 274 g/mol. The minimum Gasteiger partial charge on any atom is -0.409 e. The number of oxime groups is 1. The van der Waals surface area contributed by atoms with Crippen molar-refractivity contribution in [3.8, 4) is 0 Å². The van der Waals surface area contributed by atoms with E-state index in [4.69, 9.17) is 10.9 Å². The van der Waals surface area contributed by atoms with E-state index in [9.17, 15) is 8.42 Å². The first-order chi connectivity index (χ1) is 8.50. The van der Waals surface area contributed by atoms with Crippen LogP contribution in [0.3, 0.4) is 0 Å². The summed E-state index contributed by atoms with van der Waals surface area (Å²) in [5.74, 6) is -0.0693. The molecule has 1 heterocycles. The zero-order valence-electron chi connectivity index (χ0n) is 9.67. The number of rotatable bonds is 4. The van der Waals surface area contributed by atoms with Crippen LogP contribution in [-0.2, 0) is 10.0 Å². The topological polar surface area (TPSA) is 105 Å². The van der Waals surface area contributed by atoms with Crippen molar-refractivity contribution in [3.05, 3.63) is 17.5 Å². The number of sulfonamides is 1. The van der Waals surface area contributed by atoms with Gasteiger partial charge in [0.1, 0.15) is 4.21 Å². The van der Waals surface area contributed by atoms with Gasteiger partial charge in [-0.15, -0.1) is 11.3 Å². The van der Waals surface area contributed by atoms with E-state index < -0.39 is 15.6 Å². The fourth-order valence-corrected chi connectivity index (χ4v) is 4.64. The van der Waals surface area contributed by atoms with Crippen molar-refractivity contribution in [1.82, 2.24) is 4.72 Å². The first-order valence-corrected chi connectivity index (χ1v) is 7.92. The number of thiophene rings is 1. The number of hydrogen-bond donors (Lipinski definition) is 3. The van der Waals surface area contributed by atoms with Crippen molar-refractivity contribution < 1.29 is 13.6 Å². The molecule has 1 fully saturated rings. The Kier molecular flexibility index (Phi) is 3.60. The Bertz CT molecular complexity index is 531. The Hall–Kier alpha value is -1.12. The van der Waals surface area contributed by atoms with E-state index >= 15 is 0 Å². The number of nitrogens with two attached hydrogens (primary N) is 1. The highest BCUT2D eigenvalue weighted by Crippen LogP contribution is 2.32. The summed E-state index contributed by atoms with van der Waals surface area (Å²) in [6.07, 6.45) is 2.80. The third-order valence-electron chi connectivity index (χ3n) is 3.14.